The zero-order valence-electron chi connectivity index (χ0n) is 6.27. The van der Waals surface area contributed by atoms with Gasteiger partial charge < -0.3 is 4.57 Å². The molecule has 11 heavy (non-hydrogen) atoms. The van der Waals surface area contributed by atoms with Crippen LogP contribution >= 0.6 is 0 Å². The van der Waals surface area contributed by atoms with Gasteiger partial charge in [-0.25, -0.2) is 0 Å². The predicted octanol–water partition coefficient (Wildman–Crippen LogP) is 2.13. The minimum absolute atomic E-state index is 0.0949. The molecular weight excluding hydrogens is 136 g/mol. The molecule has 0 aliphatic heterocycles. The Morgan fingerprint density at radius 1 is 1.55 bits per heavy atom. The largest absolute Gasteiger partial charge is 0.338 e. The van der Waals surface area contributed by atoms with E-state index in [9.17, 15) is 0 Å². The van der Waals surface area contributed by atoms with Gasteiger partial charge in [-0.3, -0.25) is 0 Å². The minimum atomic E-state index is -0.0949. The van der Waals surface area contributed by atoms with Crippen LogP contribution in [0.5, 0.6) is 0 Å². The van der Waals surface area contributed by atoms with Gasteiger partial charge in [0.15, 0.2) is 0 Å². The standard InChI is InChI=1S/C9H10N2/c1-2-5-9(8-10)11-6-3-4-7-11/h2-4,6-7,9H,1,5H2. The van der Waals surface area contributed by atoms with Crippen molar-refractivity contribution in [2.45, 2.75) is 12.5 Å². The molecule has 0 bridgehead atoms. The average molecular weight is 146 g/mol. The lowest BCUT2D eigenvalue weighted by atomic mass is 10.2. The number of nitriles is 1. The summed E-state index contributed by atoms with van der Waals surface area (Å²) in [6.45, 7) is 3.59. The SMILES string of the molecule is C=CCC(C#N)n1cccc1. The summed E-state index contributed by atoms with van der Waals surface area (Å²) in [4.78, 5) is 0. The Labute approximate surface area is 66.4 Å². The van der Waals surface area contributed by atoms with E-state index in [2.05, 4.69) is 12.6 Å². The van der Waals surface area contributed by atoms with E-state index in [4.69, 9.17) is 5.26 Å². The molecule has 0 aliphatic carbocycles. The maximum absolute atomic E-state index is 8.71. The Morgan fingerprint density at radius 3 is 2.64 bits per heavy atom. The quantitative estimate of drug-likeness (QED) is 0.600. The van der Waals surface area contributed by atoms with Crippen LogP contribution in [0.1, 0.15) is 12.5 Å². The molecule has 1 rings (SSSR count). The topological polar surface area (TPSA) is 28.7 Å². The molecule has 0 radical (unpaired) electrons. The first-order valence-corrected chi connectivity index (χ1v) is 3.51. The van der Waals surface area contributed by atoms with Crippen LogP contribution in [0.2, 0.25) is 0 Å². The second kappa shape index (κ2) is 3.62. The molecule has 1 heterocycles. The second-order valence-corrected chi connectivity index (χ2v) is 2.30. The van der Waals surface area contributed by atoms with Gasteiger partial charge in [-0.2, -0.15) is 5.26 Å². The van der Waals surface area contributed by atoms with E-state index in [-0.39, 0.29) is 6.04 Å². The molecule has 1 atom stereocenters. The highest BCUT2D eigenvalue weighted by atomic mass is 15.0. The zero-order valence-corrected chi connectivity index (χ0v) is 6.27. The van der Waals surface area contributed by atoms with Crippen molar-refractivity contribution in [3.63, 3.8) is 0 Å². The van der Waals surface area contributed by atoms with Crippen molar-refractivity contribution < 1.29 is 0 Å². The lowest BCUT2D eigenvalue weighted by Crippen LogP contribution is -2.02. The first kappa shape index (κ1) is 7.62. The fourth-order valence-corrected chi connectivity index (χ4v) is 0.955. The van der Waals surface area contributed by atoms with Crippen LogP contribution in [-0.4, -0.2) is 4.57 Å². The number of rotatable bonds is 3. The molecule has 0 amide bonds. The van der Waals surface area contributed by atoms with Crippen LogP contribution in [0, 0.1) is 11.3 Å². The third kappa shape index (κ3) is 1.71. The van der Waals surface area contributed by atoms with Crippen molar-refractivity contribution in [1.82, 2.24) is 4.57 Å². The summed E-state index contributed by atoms with van der Waals surface area (Å²) in [5.74, 6) is 0. The molecule has 0 saturated heterocycles. The Morgan fingerprint density at radius 2 is 2.18 bits per heavy atom. The lowest BCUT2D eigenvalue weighted by Gasteiger charge is -2.06. The van der Waals surface area contributed by atoms with Crippen LogP contribution in [0.15, 0.2) is 37.2 Å². The summed E-state index contributed by atoms with van der Waals surface area (Å²) in [7, 11) is 0. The van der Waals surface area contributed by atoms with Gasteiger partial charge in [0.2, 0.25) is 0 Å². The van der Waals surface area contributed by atoms with Crippen molar-refractivity contribution in [2.75, 3.05) is 0 Å². The maximum atomic E-state index is 8.71. The van der Waals surface area contributed by atoms with Gasteiger partial charge in [0.25, 0.3) is 0 Å². The molecule has 0 aromatic carbocycles. The molecule has 2 heteroatoms. The molecule has 0 aliphatic rings. The molecule has 1 aromatic rings. The number of nitrogens with zero attached hydrogens (tertiary/aromatic N) is 2. The molecule has 56 valence electrons. The Balaban J connectivity index is 2.73. The lowest BCUT2D eigenvalue weighted by molar-refractivity contribution is 0.628. The summed E-state index contributed by atoms with van der Waals surface area (Å²) in [6.07, 6.45) is 6.23. The van der Waals surface area contributed by atoms with Crippen LogP contribution in [0.25, 0.3) is 0 Å². The molecule has 1 unspecified atom stereocenters. The predicted molar refractivity (Wildman–Crippen MR) is 43.9 cm³/mol. The molecule has 1 aromatic heterocycles. The summed E-state index contributed by atoms with van der Waals surface area (Å²) >= 11 is 0. The van der Waals surface area contributed by atoms with Gasteiger partial charge in [-0.15, -0.1) is 6.58 Å². The number of hydrogen-bond donors (Lipinski definition) is 0. The van der Waals surface area contributed by atoms with E-state index >= 15 is 0 Å². The van der Waals surface area contributed by atoms with Gasteiger partial charge in [0.1, 0.15) is 6.04 Å². The maximum Gasteiger partial charge on any atom is 0.123 e. The zero-order chi connectivity index (χ0) is 8.10. The van der Waals surface area contributed by atoms with Crippen molar-refractivity contribution in [3.8, 4) is 6.07 Å². The van der Waals surface area contributed by atoms with Crippen molar-refractivity contribution in [3.05, 3.63) is 37.2 Å². The van der Waals surface area contributed by atoms with Crippen LogP contribution in [0.4, 0.5) is 0 Å². The Kier molecular flexibility index (Phi) is 2.51. The third-order valence-electron chi connectivity index (χ3n) is 1.53. The van der Waals surface area contributed by atoms with Gasteiger partial charge in [0, 0.05) is 12.4 Å². The van der Waals surface area contributed by atoms with Crippen molar-refractivity contribution >= 4 is 0 Å². The van der Waals surface area contributed by atoms with E-state index in [1.165, 1.54) is 0 Å². The smallest absolute Gasteiger partial charge is 0.123 e. The summed E-state index contributed by atoms with van der Waals surface area (Å²) < 4.78 is 1.88. The van der Waals surface area contributed by atoms with Crippen molar-refractivity contribution in [1.29, 1.82) is 5.26 Å². The molecule has 0 fully saturated rings. The summed E-state index contributed by atoms with van der Waals surface area (Å²) in [5.41, 5.74) is 0. The molecular formula is C9H10N2. The number of hydrogen-bond acceptors (Lipinski definition) is 1. The van der Waals surface area contributed by atoms with Crippen LogP contribution in [-0.2, 0) is 0 Å². The van der Waals surface area contributed by atoms with E-state index in [0.717, 1.165) is 0 Å². The Bertz CT molecular complexity index is 254. The molecule has 2 nitrogen and oxygen atoms in total. The third-order valence-corrected chi connectivity index (χ3v) is 1.53. The van der Waals surface area contributed by atoms with E-state index < -0.39 is 0 Å². The average Bonchev–Trinajstić information content (AvgIpc) is 2.52. The first-order valence-electron chi connectivity index (χ1n) is 3.51. The van der Waals surface area contributed by atoms with Crippen molar-refractivity contribution in [2.24, 2.45) is 0 Å². The number of allylic oxidation sites excluding steroid dienone is 1. The highest BCUT2D eigenvalue weighted by Crippen LogP contribution is 2.09. The molecule has 0 spiro atoms. The fourth-order valence-electron chi connectivity index (χ4n) is 0.955. The van der Waals surface area contributed by atoms with Gasteiger partial charge in [-0.05, 0) is 18.6 Å². The minimum Gasteiger partial charge on any atom is -0.338 e. The van der Waals surface area contributed by atoms with E-state index in [1.54, 1.807) is 6.08 Å². The summed E-state index contributed by atoms with van der Waals surface area (Å²) in [5, 5.41) is 8.71. The monoisotopic (exact) mass is 146 g/mol. The van der Waals surface area contributed by atoms with Gasteiger partial charge >= 0.3 is 0 Å². The number of aromatic nitrogens is 1. The van der Waals surface area contributed by atoms with Crippen LogP contribution in [0.3, 0.4) is 0 Å². The van der Waals surface area contributed by atoms with Crippen LogP contribution < -0.4 is 0 Å². The van der Waals surface area contributed by atoms with Gasteiger partial charge in [0.05, 0.1) is 6.07 Å². The summed E-state index contributed by atoms with van der Waals surface area (Å²) in [6, 6.07) is 5.92. The second-order valence-electron chi connectivity index (χ2n) is 2.30. The fraction of sp³-hybridized carbons (Fsp3) is 0.222. The van der Waals surface area contributed by atoms with Gasteiger partial charge in [-0.1, -0.05) is 6.08 Å². The highest BCUT2D eigenvalue weighted by molar-refractivity contribution is 5.01. The van der Waals surface area contributed by atoms with E-state index in [1.807, 2.05) is 29.1 Å². The molecule has 0 saturated carbocycles. The normalized spacial score (nSPS) is 11.9. The van der Waals surface area contributed by atoms with E-state index in [0.29, 0.717) is 6.42 Å². The highest BCUT2D eigenvalue weighted by Gasteiger charge is 2.03. The Hall–Kier alpha value is -1.49. The molecule has 0 N–H and O–H groups in total. The first-order chi connectivity index (χ1) is 5.38.